The molecule has 106 valence electrons. The molecule has 1 aromatic carbocycles. The zero-order valence-electron chi connectivity index (χ0n) is 11.3. The van der Waals surface area contributed by atoms with Crippen LogP contribution < -0.4 is 11.1 Å². The fraction of sp³-hybridized carbons (Fsp3) is 0.0667. The van der Waals surface area contributed by atoms with Gasteiger partial charge < -0.3 is 11.1 Å². The summed E-state index contributed by atoms with van der Waals surface area (Å²) in [5.74, 6) is -0.312. The summed E-state index contributed by atoms with van der Waals surface area (Å²) in [5.41, 5.74) is 8.63. The summed E-state index contributed by atoms with van der Waals surface area (Å²) < 4.78 is 13.8. The van der Waals surface area contributed by atoms with Crippen LogP contribution in [0, 0.1) is 12.7 Å². The first-order valence-electron chi connectivity index (χ1n) is 6.34. The molecular weight excluding hydrogens is 287 g/mol. The maximum Gasteiger partial charge on any atom is 0.180 e. The molecule has 3 aromatic rings. The first-order valence-corrected chi connectivity index (χ1v) is 7.15. The molecule has 0 aliphatic rings. The van der Waals surface area contributed by atoms with Crippen LogP contribution in [0.3, 0.4) is 0 Å². The molecule has 0 saturated carbocycles. The van der Waals surface area contributed by atoms with Crippen LogP contribution in [-0.4, -0.2) is 9.97 Å². The fourth-order valence-electron chi connectivity index (χ4n) is 2.07. The number of hydrogen-bond donors (Lipinski definition) is 2. The van der Waals surface area contributed by atoms with Crippen LogP contribution in [0.5, 0.6) is 0 Å². The predicted molar refractivity (Wildman–Crippen MR) is 84.2 cm³/mol. The summed E-state index contributed by atoms with van der Waals surface area (Å²) in [6.45, 7) is 1.90. The second kappa shape index (κ2) is 5.49. The Hall–Kier alpha value is -2.47. The topological polar surface area (TPSA) is 63.8 Å². The maximum absolute atomic E-state index is 13.8. The third-order valence-corrected chi connectivity index (χ3v) is 4.04. The molecule has 21 heavy (non-hydrogen) atoms. The third-order valence-electron chi connectivity index (χ3n) is 3.02. The molecule has 0 aliphatic heterocycles. The molecule has 4 nitrogen and oxygen atoms in total. The van der Waals surface area contributed by atoms with Gasteiger partial charge in [0.2, 0.25) is 0 Å². The largest absolute Gasteiger partial charge is 0.375 e. The second-order valence-corrected chi connectivity index (χ2v) is 5.52. The van der Waals surface area contributed by atoms with Crippen molar-refractivity contribution in [3.63, 3.8) is 0 Å². The van der Waals surface area contributed by atoms with E-state index in [9.17, 15) is 4.39 Å². The molecule has 6 heteroatoms. The highest BCUT2D eigenvalue weighted by Crippen LogP contribution is 2.36. The van der Waals surface area contributed by atoms with E-state index < -0.39 is 0 Å². The number of hydrogen-bond acceptors (Lipinski definition) is 5. The number of benzene rings is 1. The maximum atomic E-state index is 13.8. The van der Waals surface area contributed by atoms with Gasteiger partial charge in [-0.3, -0.25) is 4.98 Å². The number of nitrogens with zero attached hydrogens (tertiary/aromatic N) is 2. The Morgan fingerprint density at radius 1 is 1.19 bits per heavy atom. The van der Waals surface area contributed by atoms with Gasteiger partial charge in [0.25, 0.3) is 0 Å². The summed E-state index contributed by atoms with van der Waals surface area (Å²) in [7, 11) is 0. The average Bonchev–Trinajstić information content (AvgIpc) is 2.81. The summed E-state index contributed by atoms with van der Waals surface area (Å²) in [4.78, 5) is 9.28. The van der Waals surface area contributed by atoms with Crippen LogP contribution in [-0.2, 0) is 0 Å². The fourth-order valence-corrected chi connectivity index (χ4v) is 2.94. The first-order chi connectivity index (χ1) is 10.1. The summed E-state index contributed by atoms with van der Waals surface area (Å²) in [5, 5.41) is 3.59. The lowest BCUT2D eigenvalue weighted by Gasteiger charge is -2.11. The lowest BCUT2D eigenvalue weighted by Crippen LogP contribution is -1.96. The molecule has 0 fully saturated rings. The second-order valence-electron chi connectivity index (χ2n) is 4.49. The Labute approximate surface area is 125 Å². The van der Waals surface area contributed by atoms with Crippen molar-refractivity contribution in [2.45, 2.75) is 6.92 Å². The SMILES string of the molecule is Cc1nc(N)sc1-c1ccncc1Nc1ccccc1F. The van der Waals surface area contributed by atoms with Crippen molar-refractivity contribution in [2.24, 2.45) is 0 Å². The Balaban J connectivity index is 2.05. The standard InChI is InChI=1S/C15H13FN4S/c1-9-14(21-15(17)19-9)10-6-7-18-8-13(10)20-12-5-3-2-4-11(12)16/h2-8,20H,1H3,(H2,17,19). The van der Waals surface area contributed by atoms with Gasteiger partial charge in [-0.25, -0.2) is 9.37 Å². The van der Waals surface area contributed by atoms with Crippen molar-refractivity contribution in [1.29, 1.82) is 0 Å². The van der Waals surface area contributed by atoms with Gasteiger partial charge in [0.15, 0.2) is 5.13 Å². The van der Waals surface area contributed by atoms with Crippen molar-refractivity contribution in [3.8, 4) is 10.4 Å². The molecule has 0 amide bonds. The minimum Gasteiger partial charge on any atom is -0.375 e. The van der Waals surface area contributed by atoms with E-state index in [1.54, 1.807) is 30.6 Å². The van der Waals surface area contributed by atoms with Gasteiger partial charge in [0, 0.05) is 11.8 Å². The Morgan fingerprint density at radius 3 is 2.71 bits per heavy atom. The van der Waals surface area contributed by atoms with E-state index in [0.29, 0.717) is 16.5 Å². The molecule has 0 atom stereocenters. The normalized spacial score (nSPS) is 10.6. The molecule has 0 bridgehead atoms. The highest BCUT2D eigenvalue weighted by atomic mass is 32.1. The van der Waals surface area contributed by atoms with Crippen LogP contribution >= 0.6 is 11.3 Å². The van der Waals surface area contributed by atoms with Crippen LogP contribution in [0.15, 0.2) is 42.7 Å². The van der Waals surface area contributed by atoms with Crippen molar-refractivity contribution in [1.82, 2.24) is 9.97 Å². The molecule has 3 rings (SSSR count). The number of nitrogen functional groups attached to an aromatic ring is 1. The Bertz CT molecular complexity index is 785. The quantitative estimate of drug-likeness (QED) is 0.768. The minimum absolute atomic E-state index is 0.312. The van der Waals surface area contributed by atoms with E-state index in [1.807, 2.05) is 13.0 Å². The lowest BCUT2D eigenvalue weighted by molar-refractivity contribution is 0.632. The van der Waals surface area contributed by atoms with Crippen molar-refractivity contribution >= 4 is 27.8 Å². The van der Waals surface area contributed by atoms with Crippen molar-refractivity contribution in [3.05, 3.63) is 54.2 Å². The minimum atomic E-state index is -0.312. The van der Waals surface area contributed by atoms with Gasteiger partial charge in [-0.2, -0.15) is 0 Å². The number of thiazole rings is 1. The smallest absolute Gasteiger partial charge is 0.180 e. The molecule has 0 unspecified atom stereocenters. The third kappa shape index (κ3) is 2.71. The molecule has 0 aliphatic carbocycles. The molecule has 0 saturated heterocycles. The summed E-state index contributed by atoms with van der Waals surface area (Å²) in [6, 6.07) is 8.38. The number of aryl methyl sites for hydroxylation is 1. The highest BCUT2D eigenvalue weighted by Gasteiger charge is 2.13. The van der Waals surface area contributed by atoms with Gasteiger partial charge in [-0.1, -0.05) is 23.5 Å². The van der Waals surface area contributed by atoms with Crippen LogP contribution in [0.4, 0.5) is 20.9 Å². The van der Waals surface area contributed by atoms with Gasteiger partial charge in [-0.15, -0.1) is 0 Å². The van der Waals surface area contributed by atoms with Crippen LogP contribution in [0.2, 0.25) is 0 Å². The summed E-state index contributed by atoms with van der Waals surface area (Å²) >= 11 is 1.40. The molecular formula is C15H13FN4S. The molecule has 3 N–H and O–H groups in total. The number of para-hydroxylation sites is 1. The van der Waals surface area contributed by atoms with Gasteiger partial charge in [-0.05, 0) is 25.1 Å². The molecule has 2 aromatic heterocycles. The summed E-state index contributed by atoms with van der Waals surface area (Å²) in [6.07, 6.45) is 3.36. The predicted octanol–water partition coefficient (Wildman–Crippen LogP) is 3.98. The molecule has 2 heterocycles. The average molecular weight is 300 g/mol. The van der Waals surface area contributed by atoms with Gasteiger partial charge >= 0.3 is 0 Å². The lowest BCUT2D eigenvalue weighted by atomic mass is 10.1. The van der Waals surface area contributed by atoms with Gasteiger partial charge in [0.05, 0.1) is 28.1 Å². The zero-order valence-corrected chi connectivity index (χ0v) is 12.1. The molecule has 0 spiro atoms. The highest BCUT2D eigenvalue weighted by molar-refractivity contribution is 7.19. The number of aromatic nitrogens is 2. The Kier molecular flexibility index (Phi) is 3.53. The monoisotopic (exact) mass is 300 g/mol. The Morgan fingerprint density at radius 2 is 2.00 bits per heavy atom. The molecule has 0 radical (unpaired) electrons. The van der Waals surface area contributed by atoms with E-state index in [-0.39, 0.29) is 5.82 Å². The van der Waals surface area contributed by atoms with E-state index in [1.165, 1.54) is 17.4 Å². The van der Waals surface area contributed by atoms with Gasteiger partial charge in [0.1, 0.15) is 5.82 Å². The van der Waals surface area contributed by atoms with E-state index in [4.69, 9.17) is 5.73 Å². The van der Waals surface area contributed by atoms with E-state index >= 15 is 0 Å². The first kappa shape index (κ1) is 13.5. The van der Waals surface area contributed by atoms with E-state index in [0.717, 1.165) is 16.1 Å². The number of pyridine rings is 1. The van der Waals surface area contributed by atoms with Crippen molar-refractivity contribution < 1.29 is 4.39 Å². The van der Waals surface area contributed by atoms with Crippen LogP contribution in [0.1, 0.15) is 5.69 Å². The zero-order chi connectivity index (χ0) is 14.8. The van der Waals surface area contributed by atoms with Crippen molar-refractivity contribution in [2.75, 3.05) is 11.1 Å². The van der Waals surface area contributed by atoms with E-state index in [2.05, 4.69) is 15.3 Å². The number of nitrogens with one attached hydrogen (secondary N) is 1. The van der Waals surface area contributed by atoms with Crippen LogP contribution in [0.25, 0.3) is 10.4 Å². The number of halogens is 1. The number of anilines is 3. The number of nitrogens with two attached hydrogens (primary N) is 1. The number of rotatable bonds is 3.